The number of rotatable bonds is 15. The van der Waals surface area contributed by atoms with Crippen molar-refractivity contribution < 1.29 is 74.9 Å². The molecule has 0 unspecified atom stereocenters. The van der Waals surface area contributed by atoms with Gasteiger partial charge in [0.1, 0.15) is 18.3 Å². The Kier molecular flexibility index (Phi) is 34.8. The Bertz CT molecular complexity index is 1940. The number of fused-ring (bicyclic) bond motifs is 2. The Morgan fingerprint density at radius 1 is 0.762 bits per heavy atom. The minimum Gasteiger partial charge on any atom is -0.462 e. The maximum Gasteiger partial charge on any atom is 0.334 e. The number of aliphatic hydroxyl groups is 10. The fourth-order valence-corrected chi connectivity index (χ4v) is 10.3. The third-order valence-electron chi connectivity index (χ3n) is 16.1. The van der Waals surface area contributed by atoms with Crippen molar-refractivity contribution in [2.75, 3.05) is 20.6 Å². The minimum atomic E-state index is -2.43. The second-order valence-corrected chi connectivity index (χ2v) is 23.9. The molecule has 0 aromatic heterocycles. The van der Waals surface area contributed by atoms with Gasteiger partial charge in [-0.05, 0) is 95.0 Å². The van der Waals surface area contributed by atoms with Crippen LogP contribution in [-0.4, -0.2) is 169 Å². The van der Waals surface area contributed by atoms with Crippen LogP contribution in [0.15, 0.2) is 64.7 Å². The summed E-state index contributed by atoms with van der Waals surface area (Å²) in [7, 11) is 3.55. The summed E-state index contributed by atoms with van der Waals surface area (Å²) in [5.41, 5.74) is 0.890. The number of carbonyl (C=O) groups is 2. The standard InChI is InChI=1S/C62H109N3O15/c1-39(2)22-17-18-28-57(74)78-49-33-47(66)32-48(67)34-52(69)40(3)24-20-26-44(7)58(43(6)23-16-14-12-13-15-19-31-65-61(63-10)64-11)79-60(76)45(8)27-21-25-41(4)53(70)37-54(71)46(9)51(68)30-29-42(5)56(73)38-62(77)59(75)55(72)36-50(35-49)80-62/h12-13,20-21,24-27,39,41-44,46-56,58-59,66-73,75,77H,14-19,22-23,28-38H2,1-11H3,(H2,63,64,65)/b13-12+,25-21-,26-20-,40-24-,45-27-/t41-,42-,43-,44-,46+,47+,48+,49-,50-,51+,52-,53-,54+,55+,56-,58-,59-,62+/m0/s1. The van der Waals surface area contributed by atoms with Gasteiger partial charge in [0.25, 0.3) is 0 Å². The zero-order valence-corrected chi connectivity index (χ0v) is 50.4. The third kappa shape index (κ3) is 27.7. The second-order valence-electron chi connectivity index (χ2n) is 23.9. The van der Waals surface area contributed by atoms with Crippen molar-refractivity contribution in [3.05, 3.63) is 59.8 Å². The van der Waals surface area contributed by atoms with Crippen LogP contribution in [0.25, 0.3) is 0 Å². The number of ether oxygens (including phenoxy) is 3. The van der Waals surface area contributed by atoms with E-state index in [4.69, 9.17) is 14.2 Å². The highest BCUT2D eigenvalue weighted by Crippen LogP contribution is 2.36. The lowest BCUT2D eigenvalue weighted by Gasteiger charge is -2.45. The van der Waals surface area contributed by atoms with Crippen LogP contribution in [-0.2, 0) is 23.8 Å². The molecule has 18 heteroatoms. The summed E-state index contributed by atoms with van der Waals surface area (Å²) in [6.45, 7) is 17.5. The van der Waals surface area contributed by atoms with Gasteiger partial charge in [0, 0.05) is 88.9 Å². The van der Waals surface area contributed by atoms with E-state index in [1.54, 1.807) is 72.0 Å². The molecule has 0 aliphatic carbocycles. The molecule has 18 atom stereocenters. The molecule has 0 spiro atoms. The number of allylic oxidation sites excluding steroid dienone is 6. The molecule has 1 fully saturated rings. The number of unbranched alkanes of at least 4 members (excludes halogenated alkanes) is 3. The Hall–Kier alpha value is -3.53. The molecule has 12 N–H and O–H groups in total. The van der Waals surface area contributed by atoms with Gasteiger partial charge in [-0.2, -0.15) is 0 Å². The zero-order chi connectivity index (χ0) is 60.1. The number of guanidine groups is 1. The SMILES string of the molecule is CN=C(NC)NCCC/C=C/CCC[C@H](C)[C@@H]1OC(=O)/C(C)=C\C=C/[C@H](C)[C@@H](O)C[C@@H](O)[C@H](C)[C@H](O)CC[C@H](C)[C@@H](O)C[C@@]2(O)O[C@@H](C[C@@H](OC(=O)CCCCC(C)C)C[C@H](O)C[C@@H](O)C[C@H](O)/C(C)=C\C=C/[C@@H]1C)C[C@@H](O)[C@@H]2O. The number of carbonyl (C=O) groups excluding carboxylic acids is 2. The number of nitrogens with one attached hydrogen (secondary N) is 2. The number of aliphatic imine (C=N–C) groups is 1. The van der Waals surface area contributed by atoms with Gasteiger partial charge < -0.3 is 75.9 Å². The highest BCUT2D eigenvalue weighted by Gasteiger charge is 2.50. The molecule has 0 amide bonds. The van der Waals surface area contributed by atoms with E-state index < -0.39 is 115 Å². The van der Waals surface area contributed by atoms with Crippen LogP contribution in [0.1, 0.15) is 178 Å². The van der Waals surface area contributed by atoms with Gasteiger partial charge in [-0.15, -0.1) is 0 Å². The number of hydrogen-bond acceptors (Lipinski definition) is 16. The normalized spacial score (nSPS) is 36.8. The van der Waals surface area contributed by atoms with Crippen LogP contribution in [0.2, 0.25) is 0 Å². The van der Waals surface area contributed by atoms with E-state index in [9.17, 15) is 60.7 Å². The van der Waals surface area contributed by atoms with Gasteiger partial charge in [-0.25, -0.2) is 4.79 Å². The maximum absolute atomic E-state index is 13.7. The van der Waals surface area contributed by atoms with Crippen LogP contribution in [0, 0.1) is 35.5 Å². The number of nitrogens with zero attached hydrogens (tertiary/aromatic N) is 1. The third-order valence-corrected chi connectivity index (χ3v) is 16.1. The van der Waals surface area contributed by atoms with Gasteiger partial charge in [0.2, 0.25) is 0 Å². The average Bonchev–Trinajstić information content (AvgIpc) is 3.39. The predicted octanol–water partition coefficient (Wildman–Crippen LogP) is 6.37. The first kappa shape index (κ1) is 72.6. The molecular formula is C62H109N3O15. The van der Waals surface area contributed by atoms with Gasteiger partial charge in [-0.3, -0.25) is 9.79 Å². The van der Waals surface area contributed by atoms with E-state index in [2.05, 4.69) is 48.5 Å². The minimum absolute atomic E-state index is 0.0323. The molecule has 0 aromatic rings. The van der Waals surface area contributed by atoms with E-state index in [0.29, 0.717) is 23.5 Å². The molecule has 2 aliphatic rings. The first-order valence-corrected chi connectivity index (χ1v) is 29.9. The molecule has 2 rings (SSSR count). The predicted molar refractivity (Wildman–Crippen MR) is 313 cm³/mol. The Morgan fingerprint density at radius 3 is 2.08 bits per heavy atom. The smallest absolute Gasteiger partial charge is 0.334 e. The van der Waals surface area contributed by atoms with Crippen molar-refractivity contribution in [1.82, 2.24) is 10.6 Å². The first-order valence-electron chi connectivity index (χ1n) is 29.9. The molecule has 80 heavy (non-hydrogen) atoms. The summed E-state index contributed by atoms with van der Waals surface area (Å²) in [5, 5.41) is 119. The molecular weight excluding hydrogens is 1030 g/mol. The number of aliphatic hydroxyl groups excluding tert-OH is 9. The van der Waals surface area contributed by atoms with Crippen LogP contribution in [0.3, 0.4) is 0 Å². The Balaban J connectivity index is 2.44. The fourth-order valence-electron chi connectivity index (χ4n) is 10.3. The van der Waals surface area contributed by atoms with Crippen LogP contribution < -0.4 is 10.6 Å². The molecule has 2 bridgehead atoms. The van der Waals surface area contributed by atoms with Gasteiger partial charge in [-0.1, -0.05) is 110 Å². The summed E-state index contributed by atoms with van der Waals surface area (Å²) in [4.78, 5) is 31.0. The van der Waals surface area contributed by atoms with E-state index in [1.165, 1.54) is 0 Å². The fraction of sp³-hybridized carbons (Fsp3) is 0.790. The van der Waals surface area contributed by atoms with Crippen molar-refractivity contribution >= 4 is 17.9 Å². The van der Waals surface area contributed by atoms with Crippen LogP contribution in [0.4, 0.5) is 0 Å². The lowest BCUT2D eigenvalue weighted by Crippen LogP contribution is -2.60. The average molecular weight is 1140 g/mol. The summed E-state index contributed by atoms with van der Waals surface area (Å²) >= 11 is 0. The molecule has 0 radical (unpaired) electrons. The number of esters is 2. The topological polar surface area (TPSA) is 301 Å². The molecule has 0 aromatic carbocycles. The number of cyclic esters (lactones) is 1. The molecule has 0 saturated carbocycles. The van der Waals surface area contributed by atoms with Gasteiger partial charge in [0.15, 0.2) is 11.7 Å². The Morgan fingerprint density at radius 2 is 1.41 bits per heavy atom. The van der Waals surface area contributed by atoms with Crippen molar-refractivity contribution in [2.24, 2.45) is 40.5 Å². The molecule has 1 saturated heterocycles. The monoisotopic (exact) mass is 1140 g/mol. The maximum atomic E-state index is 13.7. The first-order chi connectivity index (χ1) is 37.7. The van der Waals surface area contributed by atoms with Crippen molar-refractivity contribution in [1.29, 1.82) is 0 Å². The highest BCUT2D eigenvalue weighted by molar-refractivity contribution is 5.88. The summed E-state index contributed by atoms with van der Waals surface area (Å²) in [6, 6.07) is 0. The molecule has 462 valence electrons. The number of hydrogen-bond donors (Lipinski definition) is 12. The van der Waals surface area contributed by atoms with E-state index in [1.807, 2.05) is 20.0 Å². The largest absolute Gasteiger partial charge is 0.462 e. The summed E-state index contributed by atoms with van der Waals surface area (Å²) < 4.78 is 18.2. The van der Waals surface area contributed by atoms with Gasteiger partial charge in [0.05, 0.1) is 54.9 Å². The second kappa shape index (κ2) is 38.3. The lowest BCUT2D eigenvalue weighted by molar-refractivity contribution is -0.333. The molecule has 2 heterocycles. The van der Waals surface area contributed by atoms with Crippen LogP contribution >= 0.6 is 0 Å². The highest BCUT2D eigenvalue weighted by atomic mass is 16.7. The van der Waals surface area contributed by atoms with Crippen LogP contribution in [0.5, 0.6) is 0 Å². The summed E-state index contributed by atoms with van der Waals surface area (Å²) in [5.74, 6) is -4.18. The zero-order valence-electron chi connectivity index (χ0n) is 50.4. The van der Waals surface area contributed by atoms with Crippen molar-refractivity contribution in [3.63, 3.8) is 0 Å². The van der Waals surface area contributed by atoms with Crippen molar-refractivity contribution in [3.8, 4) is 0 Å². The van der Waals surface area contributed by atoms with E-state index in [-0.39, 0.29) is 69.6 Å². The lowest BCUT2D eigenvalue weighted by atomic mass is 9.84. The quantitative estimate of drug-likeness (QED) is 0.0279. The van der Waals surface area contributed by atoms with E-state index >= 15 is 0 Å². The molecule has 2 aliphatic heterocycles. The summed E-state index contributed by atoms with van der Waals surface area (Å²) in [6.07, 6.45) is 7.07. The van der Waals surface area contributed by atoms with Crippen molar-refractivity contribution in [2.45, 2.75) is 257 Å². The Labute approximate surface area is 479 Å². The molecule has 18 nitrogen and oxygen atoms in total. The van der Waals surface area contributed by atoms with Gasteiger partial charge >= 0.3 is 11.9 Å². The van der Waals surface area contributed by atoms with E-state index in [0.717, 1.165) is 57.5 Å².